The van der Waals surface area contributed by atoms with Crippen LogP contribution in [-0.2, 0) is 0 Å². The Kier molecular flexibility index (Phi) is 5.83. The lowest BCUT2D eigenvalue weighted by Crippen LogP contribution is -2.03. The number of aromatic nitrogens is 1. The number of para-hydroxylation sites is 1. The van der Waals surface area contributed by atoms with Gasteiger partial charge in [0.05, 0.1) is 24.8 Å². The maximum atomic E-state index is 12.6. The lowest BCUT2D eigenvalue weighted by atomic mass is 10.0. The number of nitrogens with zero attached hydrogens (tertiary/aromatic N) is 1. The normalized spacial score (nSPS) is 10.2. The Labute approximate surface area is 151 Å². The smallest absolute Gasteiger partial charge is 0.198 e. The van der Waals surface area contributed by atoms with Crippen molar-refractivity contribution in [3.8, 4) is 17.2 Å². The largest absolute Gasteiger partial charge is 0.507 e. The fraction of sp³-hybridized carbons (Fsp3) is 0.158. The average molecular weight is 360 g/mol. The number of carbonyl (C=O) groups excluding carboxylic acids is 1. The standard InChI is InChI=1S/C19H17NO4.ClH/c1-3-24-18-9-12-8-13(11-20-15(12)10-17(18)23-2)19(22)14-6-4-5-7-16(14)21;/h4-11,21H,3H2,1-2H3;1H. The summed E-state index contributed by atoms with van der Waals surface area (Å²) in [5.74, 6) is 0.863. The molecular formula is C19H18ClNO4. The van der Waals surface area contributed by atoms with Crippen LogP contribution in [0.3, 0.4) is 0 Å². The number of hydrogen-bond donors (Lipinski definition) is 1. The maximum Gasteiger partial charge on any atom is 0.198 e. The van der Waals surface area contributed by atoms with Crippen LogP contribution < -0.4 is 9.47 Å². The van der Waals surface area contributed by atoms with Gasteiger partial charge in [-0.05, 0) is 31.2 Å². The third-order valence-electron chi connectivity index (χ3n) is 3.68. The molecule has 3 aromatic rings. The molecule has 0 amide bonds. The van der Waals surface area contributed by atoms with Gasteiger partial charge in [-0.2, -0.15) is 0 Å². The molecule has 0 aliphatic carbocycles. The van der Waals surface area contributed by atoms with E-state index >= 15 is 0 Å². The zero-order valence-corrected chi connectivity index (χ0v) is 14.7. The summed E-state index contributed by atoms with van der Waals surface area (Å²) in [7, 11) is 1.57. The molecule has 130 valence electrons. The lowest BCUT2D eigenvalue weighted by molar-refractivity contribution is 0.103. The van der Waals surface area contributed by atoms with Crippen molar-refractivity contribution in [2.75, 3.05) is 13.7 Å². The van der Waals surface area contributed by atoms with Crippen LogP contribution in [0, 0.1) is 0 Å². The summed E-state index contributed by atoms with van der Waals surface area (Å²) in [5, 5.41) is 10.6. The van der Waals surface area contributed by atoms with Gasteiger partial charge in [-0.3, -0.25) is 9.78 Å². The highest BCUT2D eigenvalue weighted by Gasteiger charge is 2.15. The number of aromatic hydroxyl groups is 1. The molecular weight excluding hydrogens is 342 g/mol. The summed E-state index contributed by atoms with van der Waals surface area (Å²) in [6.45, 7) is 2.39. The number of halogens is 1. The first kappa shape index (κ1) is 18.5. The van der Waals surface area contributed by atoms with Gasteiger partial charge in [-0.15, -0.1) is 12.4 Å². The van der Waals surface area contributed by atoms with Crippen molar-refractivity contribution in [1.82, 2.24) is 4.98 Å². The topological polar surface area (TPSA) is 68.7 Å². The van der Waals surface area contributed by atoms with E-state index in [2.05, 4.69) is 4.98 Å². The van der Waals surface area contributed by atoms with Gasteiger partial charge in [0, 0.05) is 23.2 Å². The first-order valence-electron chi connectivity index (χ1n) is 7.57. The van der Waals surface area contributed by atoms with Crippen molar-refractivity contribution in [3.63, 3.8) is 0 Å². The molecule has 0 aliphatic heterocycles. The Morgan fingerprint density at radius 3 is 2.60 bits per heavy atom. The van der Waals surface area contributed by atoms with Crippen LogP contribution in [0.2, 0.25) is 0 Å². The summed E-state index contributed by atoms with van der Waals surface area (Å²) in [6.07, 6.45) is 1.50. The molecule has 5 nitrogen and oxygen atoms in total. The second kappa shape index (κ2) is 7.85. The van der Waals surface area contributed by atoms with Gasteiger partial charge in [0.1, 0.15) is 5.75 Å². The molecule has 0 saturated heterocycles. The number of phenolic OH excluding ortho intramolecular Hbond substituents is 1. The third-order valence-corrected chi connectivity index (χ3v) is 3.68. The van der Waals surface area contributed by atoms with Gasteiger partial charge in [0.15, 0.2) is 17.3 Å². The fourth-order valence-electron chi connectivity index (χ4n) is 2.51. The van der Waals surface area contributed by atoms with Crippen LogP contribution in [0.15, 0.2) is 48.7 Å². The Balaban J connectivity index is 0.00000225. The lowest BCUT2D eigenvalue weighted by Gasteiger charge is -2.11. The third kappa shape index (κ3) is 3.67. The Hall–Kier alpha value is -2.79. The molecule has 0 fully saturated rings. The Morgan fingerprint density at radius 1 is 1.16 bits per heavy atom. The van der Waals surface area contributed by atoms with Gasteiger partial charge < -0.3 is 14.6 Å². The van der Waals surface area contributed by atoms with E-state index in [-0.39, 0.29) is 29.5 Å². The van der Waals surface area contributed by atoms with E-state index in [1.165, 1.54) is 12.3 Å². The highest BCUT2D eigenvalue weighted by atomic mass is 35.5. The molecule has 0 spiro atoms. The minimum atomic E-state index is -0.281. The molecule has 1 aromatic heterocycles. The summed E-state index contributed by atoms with van der Waals surface area (Å²) >= 11 is 0. The molecule has 0 atom stereocenters. The van der Waals surface area contributed by atoms with Gasteiger partial charge in [-0.25, -0.2) is 0 Å². The number of benzene rings is 2. The zero-order chi connectivity index (χ0) is 17.1. The van der Waals surface area contributed by atoms with Gasteiger partial charge >= 0.3 is 0 Å². The molecule has 0 unspecified atom stereocenters. The monoisotopic (exact) mass is 359 g/mol. The summed E-state index contributed by atoms with van der Waals surface area (Å²) in [6, 6.07) is 11.8. The van der Waals surface area contributed by atoms with Crippen LogP contribution in [0.1, 0.15) is 22.8 Å². The number of ketones is 1. The predicted molar refractivity (Wildman–Crippen MR) is 98.3 cm³/mol. The summed E-state index contributed by atoms with van der Waals surface area (Å²) < 4.78 is 10.9. The molecule has 1 N–H and O–H groups in total. The van der Waals surface area contributed by atoms with E-state index in [1.54, 1.807) is 43.5 Å². The van der Waals surface area contributed by atoms with Crippen molar-refractivity contribution in [2.24, 2.45) is 0 Å². The molecule has 0 bridgehead atoms. The van der Waals surface area contributed by atoms with Crippen molar-refractivity contribution < 1.29 is 19.4 Å². The average Bonchev–Trinajstić information content (AvgIpc) is 2.60. The number of carbonyl (C=O) groups is 1. The SMILES string of the molecule is CCOc1cc2cc(C(=O)c3ccccc3O)cnc2cc1OC.Cl. The molecule has 0 saturated carbocycles. The van der Waals surface area contributed by atoms with Crippen molar-refractivity contribution in [3.05, 3.63) is 59.8 Å². The number of methoxy groups -OCH3 is 1. The second-order valence-electron chi connectivity index (χ2n) is 5.20. The van der Waals surface area contributed by atoms with Gasteiger partial charge in [0.2, 0.25) is 0 Å². The summed E-state index contributed by atoms with van der Waals surface area (Å²) in [5.41, 5.74) is 1.35. The maximum absolute atomic E-state index is 12.6. The highest BCUT2D eigenvalue weighted by Crippen LogP contribution is 2.32. The van der Waals surface area contributed by atoms with E-state index in [1.807, 2.05) is 6.92 Å². The Morgan fingerprint density at radius 2 is 1.92 bits per heavy atom. The molecule has 25 heavy (non-hydrogen) atoms. The minimum Gasteiger partial charge on any atom is -0.507 e. The molecule has 0 aliphatic rings. The van der Waals surface area contributed by atoms with Crippen LogP contribution in [0.25, 0.3) is 10.9 Å². The van der Waals surface area contributed by atoms with Crippen LogP contribution in [-0.4, -0.2) is 29.6 Å². The molecule has 1 heterocycles. The molecule has 3 rings (SSSR count). The first-order valence-corrected chi connectivity index (χ1v) is 7.57. The van der Waals surface area contributed by atoms with Crippen LogP contribution in [0.5, 0.6) is 17.2 Å². The highest BCUT2D eigenvalue weighted by molar-refractivity contribution is 6.11. The second-order valence-corrected chi connectivity index (χ2v) is 5.20. The first-order chi connectivity index (χ1) is 11.6. The molecule has 0 radical (unpaired) electrons. The van der Waals surface area contributed by atoms with Crippen LogP contribution in [0.4, 0.5) is 0 Å². The van der Waals surface area contributed by atoms with Gasteiger partial charge in [0.25, 0.3) is 0 Å². The van der Waals surface area contributed by atoms with Crippen LogP contribution >= 0.6 is 12.4 Å². The fourth-order valence-corrected chi connectivity index (χ4v) is 2.51. The van der Waals surface area contributed by atoms with Gasteiger partial charge in [-0.1, -0.05) is 12.1 Å². The van der Waals surface area contributed by atoms with E-state index in [0.717, 1.165) is 5.39 Å². The number of hydrogen-bond acceptors (Lipinski definition) is 5. The number of phenols is 1. The molecule has 2 aromatic carbocycles. The predicted octanol–water partition coefficient (Wildman–Crippen LogP) is 4.00. The van der Waals surface area contributed by atoms with Crippen molar-refractivity contribution >= 4 is 29.1 Å². The minimum absolute atomic E-state index is 0. The van der Waals surface area contributed by atoms with E-state index in [0.29, 0.717) is 29.2 Å². The number of fused-ring (bicyclic) bond motifs is 1. The number of rotatable bonds is 5. The van der Waals surface area contributed by atoms with Crippen molar-refractivity contribution in [1.29, 1.82) is 0 Å². The summed E-state index contributed by atoms with van der Waals surface area (Å²) in [4.78, 5) is 16.9. The Bertz CT molecular complexity index is 911. The quantitative estimate of drug-likeness (QED) is 0.697. The van der Waals surface area contributed by atoms with E-state index in [9.17, 15) is 9.90 Å². The van der Waals surface area contributed by atoms with E-state index in [4.69, 9.17) is 9.47 Å². The number of pyridine rings is 1. The molecule has 6 heteroatoms. The van der Waals surface area contributed by atoms with Crippen molar-refractivity contribution in [2.45, 2.75) is 6.92 Å². The van der Waals surface area contributed by atoms with E-state index < -0.39 is 0 Å². The number of ether oxygens (including phenoxy) is 2. The zero-order valence-electron chi connectivity index (χ0n) is 13.9.